The van der Waals surface area contributed by atoms with Crippen LogP contribution >= 0.6 is 11.6 Å². The number of hydrogen-bond acceptors (Lipinski definition) is 4. The Morgan fingerprint density at radius 1 is 1.29 bits per heavy atom. The number of hydrogen-bond donors (Lipinski definition) is 0. The third kappa shape index (κ3) is 3.55. The number of esters is 1. The highest BCUT2D eigenvalue weighted by atomic mass is 35.5. The second-order valence-electron chi connectivity index (χ2n) is 4.09. The maximum absolute atomic E-state index is 13.4. The second kappa shape index (κ2) is 6.32. The first-order valence-corrected chi connectivity index (χ1v) is 6.21. The summed E-state index contributed by atoms with van der Waals surface area (Å²) in [6.45, 7) is -0.251. The highest BCUT2D eigenvalue weighted by molar-refractivity contribution is 6.33. The third-order valence-corrected chi connectivity index (χ3v) is 3.01. The predicted octanol–water partition coefficient (Wildman–Crippen LogP) is 3.74. The van der Waals surface area contributed by atoms with Gasteiger partial charge in [0.1, 0.15) is 12.4 Å². The minimum Gasteiger partial charge on any atom is -0.457 e. The Hall–Kier alpha value is -2.47. The molecule has 0 aromatic heterocycles. The van der Waals surface area contributed by atoms with Crippen LogP contribution in [0.15, 0.2) is 42.5 Å². The van der Waals surface area contributed by atoms with Gasteiger partial charge in [-0.2, -0.15) is 0 Å². The minimum atomic E-state index is -0.779. The van der Waals surface area contributed by atoms with Gasteiger partial charge in [-0.1, -0.05) is 29.8 Å². The molecule has 0 saturated carbocycles. The smallest absolute Gasteiger partial charge is 0.339 e. The highest BCUT2D eigenvalue weighted by Crippen LogP contribution is 2.23. The van der Waals surface area contributed by atoms with E-state index in [2.05, 4.69) is 0 Å². The zero-order valence-corrected chi connectivity index (χ0v) is 11.3. The molecule has 2 rings (SSSR count). The van der Waals surface area contributed by atoms with Crippen LogP contribution < -0.4 is 0 Å². The van der Waals surface area contributed by atoms with Crippen LogP contribution in [0.25, 0.3) is 0 Å². The molecule has 0 bridgehead atoms. The zero-order valence-electron chi connectivity index (χ0n) is 10.6. The zero-order chi connectivity index (χ0) is 15.4. The summed E-state index contributed by atoms with van der Waals surface area (Å²) in [5.41, 5.74) is -0.0202. The molecule has 2 aromatic rings. The third-order valence-electron chi connectivity index (χ3n) is 2.70. The predicted molar refractivity (Wildman–Crippen MR) is 73.6 cm³/mol. The maximum atomic E-state index is 13.4. The van der Waals surface area contributed by atoms with E-state index in [9.17, 15) is 19.3 Å². The molecule has 108 valence electrons. The van der Waals surface area contributed by atoms with Crippen LogP contribution in [0.1, 0.15) is 15.9 Å². The molecule has 0 unspecified atom stereocenters. The van der Waals surface area contributed by atoms with Crippen LogP contribution in [-0.2, 0) is 11.3 Å². The van der Waals surface area contributed by atoms with Crippen molar-refractivity contribution in [3.63, 3.8) is 0 Å². The van der Waals surface area contributed by atoms with E-state index >= 15 is 0 Å². The fraction of sp³-hybridized carbons (Fsp3) is 0.0714. The lowest BCUT2D eigenvalue weighted by atomic mass is 10.2. The van der Waals surface area contributed by atoms with Crippen LogP contribution in [0.5, 0.6) is 0 Å². The van der Waals surface area contributed by atoms with Gasteiger partial charge in [0.2, 0.25) is 0 Å². The lowest BCUT2D eigenvalue weighted by Gasteiger charge is -2.07. The number of ether oxygens (including phenoxy) is 1. The van der Waals surface area contributed by atoms with Crippen LogP contribution in [0.2, 0.25) is 5.02 Å². The first-order chi connectivity index (χ1) is 9.99. The van der Waals surface area contributed by atoms with Crippen molar-refractivity contribution in [2.75, 3.05) is 0 Å². The topological polar surface area (TPSA) is 69.4 Å². The molecular formula is C14H9ClFNO4. The minimum absolute atomic E-state index is 0.0152. The molecule has 0 heterocycles. The molecule has 5 nitrogen and oxygen atoms in total. The van der Waals surface area contributed by atoms with E-state index in [-0.39, 0.29) is 28.4 Å². The highest BCUT2D eigenvalue weighted by Gasteiger charge is 2.16. The summed E-state index contributed by atoms with van der Waals surface area (Å²) in [6, 6.07) is 9.28. The van der Waals surface area contributed by atoms with E-state index in [4.69, 9.17) is 16.3 Å². The molecule has 0 aliphatic carbocycles. The summed E-state index contributed by atoms with van der Waals surface area (Å²) >= 11 is 5.80. The molecule has 2 aromatic carbocycles. The average Bonchev–Trinajstić information content (AvgIpc) is 2.46. The number of nitrogens with zero attached hydrogens (tertiary/aromatic N) is 1. The van der Waals surface area contributed by atoms with E-state index in [1.54, 1.807) is 6.07 Å². The summed E-state index contributed by atoms with van der Waals surface area (Å²) in [5.74, 6) is -1.27. The summed E-state index contributed by atoms with van der Waals surface area (Å²) in [7, 11) is 0. The molecule has 0 amide bonds. The van der Waals surface area contributed by atoms with E-state index in [0.717, 1.165) is 12.1 Å². The van der Waals surface area contributed by atoms with Crippen molar-refractivity contribution in [3.05, 3.63) is 74.5 Å². The molecule has 0 atom stereocenters. The first kappa shape index (κ1) is 14.9. The van der Waals surface area contributed by atoms with Gasteiger partial charge < -0.3 is 4.74 Å². The molecule has 0 fully saturated rings. The van der Waals surface area contributed by atoms with E-state index < -0.39 is 16.7 Å². The summed E-state index contributed by atoms with van der Waals surface area (Å²) in [5, 5.41) is 10.5. The van der Waals surface area contributed by atoms with Crippen molar-refractivity contribution in [1.82, 2.24) is 0 Å². The Labute approximate surface area is 124 Å². The number of nitro benzene ring substituents is 1. The van der Waals surface area contributed by atoms with Gasteiger partial charge in [0, 0.05) is 17.7 Å². The molecule has 0 radical (unpaired) electrons. The number of nitro groups is 1. The summed E-state index contributed by atoms with van der Waals surface area (Å²) in [6.07, 6.45) is 0. The lowest BCUT2D eigenvalue weighted by Crippen LogP contribution is -2.07. The van der Waals surface area contributed by atoms with Crippen LogP contribution in [0.3, 0.4) is 0 Å². The standard InChI is InChI=1S/C14H9ClFNO4/c15-12-7-10(17(19)20)5-6-11(12)14(18)21-8-9-3-1-2-4-13(9)16/h1-7H,8H2. The second-order valence-corrected chi connectivity index (χ2v) is 4.50. The largest absolute Gasteiger partial charge is 0.457 e. The Morgan fingerprint density at radius 2 is 2.00 bits per heavy atom. The molecule has 0 saturated heterocycles. The van der Waals surface area contributed by atoms with Crippen molar-refractivity contribution in [1.29, 1.82) is 0 Å². The SMILES string of the molecule is O=C(OCc1ccccc1F)c1ccc([N+](=O)[O-])cc1Cl. The monoisotopic (exact) mass is 309 g/mol. The Bertz CT molecular complexity index is 705. The van der Waals surface area contributed by atoms with Crippen molar-refractivity contribution in [2.24, 2.45) is 0 Å². The van der Waals surface area contributed by atoms with Gasteiger partial charge in [0.25, 0.3) is 5.69 Å². The van der Waals surface area contributed by atoms with Crippen molar-refractivity contribution in [3.8, 4) is 0 Å². The number of halogens is 2. The fourth-order valence-electron chi connectivity index (χ4n) is 1.62. The quantitative estimate of drug-likeness (QED) is 0.490. The molecule has 0 spiro atoms. The normalized spacial score (nSPS) is 10.2. The van der Waals surface area contributed by atoms with E-state index in [0.29, 0.717) is 0 Å². The van der Waals surface area contributed by atoms with Gasteiger partial charge in [-0.25, -0.2) is 9.18 Å². The Morgan fingerprint density at radius 3 is 2.62 bits per heavy atom. The van der Waals surface area contributed by atoms with E-state index in [1.807, 2.05) is 0 Å². The number of carbonyl (C=O) groups is 1. The average molecular weight is 310 g/mol. The Kier molecular flexibility index (Phi) is 4.49. The molecule has 0 N–H and O–H groups in total. The van der Waals surface area contributed by atoms with Gasteiger partial charge in [-0.15, -0.1) is 0 Å². The van der Waals surface area contributed by atoms with Gasteiger partial charge in [-0.3, -0.25) is 10.1 Å². The first-order valence-electron chi connectivity index (χ1n) is 5.83. The summed E-state index contributed by atoms with van der Waals surface area (Å²) < 4.78 is 18.3. The molecule has 21 heavy (non-hydrogen) atoms. The van der Waals surface area contributed by atoms with Gasteiger partial charge >= 0.3 is 5.97 Å². The molecule has 0 aliphatic rings. The van der Waals surface area contributed by atoms with Crippen molar-refractivity contribution < 1.29 is 18.8 Å². The van der Waals surface area contributed by atoms with Gasteiger partial charge in [-0.05, 0) is 12.1 Å². The molecule has 7 heteroatoms. The van der Waals surface area contributed by atoms with Crippen molar-refractivity contribution >= 4 is 23.3 Å². The maximum Gasteiger partial charge on any atom is 0.339 e. The van der Waals surface area contributed by atoms with Crippen LogP contribution in [-0.4, -0.2) is 10.9 Å². The molecule has 0 aliphatic heterocycles. The summed E-state index contributed by atoms with van der Waals surface area (Å²) in [4.78, 5) is 21.8. The Balaban J connectivity index is 2.11. The number of benzene rings is 2. The van der Waals surface area contributed by atoms with Crippen LogP contribution in [0, 0.1) is 15.9 Å². The van der Waals surface area contributed by atoms with Crippen LogP contribution in [0.4, 0.5) is 10.1 Å². The van der Waals surface area contributed by atoms with E-state index in [1.165, 1.54) is 24.3 Å². The van der Waals surface area contributed by atoms with Crippen molar-refractivity contribution in [2.45, 2.75) is 6.61 Å². The number of non-ortho nitro benzene ring substituents is 1. The fourth-order valence-corrected chi connectivity index (χ4v) is 1.87. The van der Waals surface area contributed by atoms with Gasteiger partial charge in [0.05, 0.1) is 15.5 Å². The molecular weight excluding hydrogens is 301 g/mol. The van der Waals surface area contributed by atoms with Gasteiger partial charge in [0.15, 0.2) is 0 Å². The number of carbonyl (C=O) groups excluding carboxylic acids is 1. The lowest BCUT2D eigenvalue weighted by molar-refractivity contribution is -0.384. The number of rotatable bonds is 4.